The molecule has 4 aromatic rings. The van der Waals surface area contributed by atoms with Crippen LogP contribution in [0.3, 0.4) is 0 Å². The maximum absolute atomic E-state index is 14.2. The number of benzene rings is 2. The van der Waals surface area contributed by atoms with E-state index in [-0.39, 0.29) is 56.1 Å². The first-order chi connectivity index (χ1) is 26.3. The third-order valence-electron chi connectivity index (χ3n) is 9.53. The van der Waals surface area contributed by atoms with Crippen molar-refractivity contribution >= 4 is 31.8 Å². The number of aryl methyl sites for hydroxylation is 3. The number of sulfonamides is 2. The zero-order valence-corrected chi connectivity index (χ0v) is 33.4. The van der Waals surface area contributed by atoms with E-state index in [1.165, 1.54) is 34.9 Å². The van der Waals surface area contributed by atoms with E-state index < -0.39 is 44.9 Å². The van der Waals surface area contributed by atoms with Crippen molar-refractivity contribution in [3.8, 4) is 11.1 Å². The van der Waals surface area contributed by atoms with E-state index in [4.69, 9.17) is 14.2 Å². The molecule has 0 unspecified atom stereocenters. The van der Waals surface area contributed by atoms with Crippen molar-refractivity contribution in [1.82, 2.24) is 23.9 Å². The van der Waals surface area contributed by atoms with E-state index in [0.29, 0.717) is 73.8 Å². The van der Waals surface area contributed by atoms with Gasteiger partial charge in [0, 0.05) is 48.4 Å². The second-order valence-corrected chi connectivity index (χ2v) is 17.3. The number of carbonyl (C=O) groups is 1. The number of halogens is 3. The lowest BCUT2D eigenvalue weighted by Crippen LogP contribution is -2.42. The van der Waals surface area contributed by atoms with Gasteiger partial charge in [-0.25, -0.2) is 21.8 Å². The van der Waals surface area contributed by atoms with Gasteiger partial charge < -0.3 is 14.2 Å². The molecule has 2 aromatic carbocycles. The molecule has 304 valence electrons. The van der Waals surface area contributed by atoms with Gasteiger partial charge in [0.25, 0.3) is 15.6 Å². The summed E-state index contributed by atoms with van der Waals surface area (Å²) in [5.74, 6) is 0.523. The summed E-state index contributed by atoms with van der Waals surface area (Å²) < 4.78 is 109. The van der Waals surface area contributed by atoms with Crippen molar-refractivity contribution < 1.29 is 44.1 Å². The van der Waals surface area contributed by atoms with Crippen molar-refractivity contribution in [3.05, 3.63) is 92.4 Å². The summed E-state index contributed by atoms with van der Waals surface area (Å²) in [4.78, 5) is 33.5. The third-order valence-corrected chi connectivity index (χ3v) is 12.1. The molecule has 56 heavy (non-hydrogen) atoms. The SMILES string of the molecule is CCCCc1nc(C)c(CC(=O)N2CCOCC2)c(=O)n1Cc1ccc(-c2ccccc2S(=O)(=O)Nc2noc(C)c2C)c(CN(CC(F)(F)F)S(C)(=O)=O)c1. The van der Waals surface area contributed by atoms with Gasteiger partial charge >= 0.3 is 6.18 Å². The van der Waals surface area contributed by atoms with Gasteiger partial charge in [0.15, 0.2) is 5.82 Å². The topological polar surface area (TPSA) is 174 Å². The number of ether oxygens (including phenoxy) is 1. The molecule has 1 fully saturated rings. The van der Waals surface area contributed by atoms with E-state index in [9.17, 15) is 39.6 Å². The van der Waals surface area contributed by atoms with E-state index in [1.807, 2.05) is 6.92 Å². The zero-order valence-electron chi connectivity index (χ0n) is 31.8. The maximum Gasteiger partial charge on any atom is 0.402 e. The van der Waals surface area contributed by atoms with Crippen LogP contribution in [0.15, 0.2) is 56.7 Å². The van der Waals surface area contributed by atoms with Crippen LogP contribution in [0.5, 0.6) is 0 Å². The molecule has 19 heteroatoms. The molecule has 1 amide bonds. The average Bonchev–Trinajstić information content (AvgIpc) is 3.44. The first kappa shape index (κ1) is 42.6. The minimum absolute atomic E-state index is 0.0410. The van der Waals surface area contributed by atoms with Crippen molar-refractivity contribution in [3.63, 3.8) is 0 Å². The molecular weight excluding hydrogens is 778 g/mol. The second kappa shape index (κ2) is 17.3. The van der Waals surface area contributed by atoms with Gasteiger partial charge in [0.05, 0.1) is 37.3 Å². The standard InChI is InChI=1S/C37H45F3N6O8S2/c1-6-7-12-33-41-25(3)31(20-34(47)44-15-17-53-18-16-44)36(48)46(33)21-27-13-14-29(28(19-27)22-45(55(5,49)50)23-37(38,39)40)30-10-8-9-11-32(30)56(51,52)43-35-24(2)26(4)54-42-35/h8-11,13-14,19H,6-7,12,15-18,20-23H2,1-5H3,(H,42,43). The number of nitrogens with one attached hydrogen (secondary N) is 1. The third kappa shape index (κ3) is 10.2. The summed E-state index contributed by atoms with van der Waals surface area (Å²) in [5, 5.41) is 3.78. The molecule has 0 spiro atoms. The van der Waals surface area contributed by atoms with E-state index >= 15 is 0 Å². The Labute approximate surface area is 323 Å². The van der Waals surface area contributed by atoms with Gasteiger partial charge in [-0.15, -0.1) is 0 Å². The molecule has 0 atom stereocenters. The second-order valence-electron chi connectivity index (χ2n) is 13.7. The van der Waals surface area contributed by atoms with Crippen LogP contribution < -0.4 is 10.3 Å². The predicted molar refractivity (Wildman–Crippen MR) is 202 cm³/mol. The Morgan fingerprint density at radius 1 is 1.02 bits per heavy atom. The van der Waals surface area contributed by atoms with Gasteiger partial charge in [-0.3, -0.25) is 18.9 Å². The summed E-state index contributed by atoms with van der Waals surface area (Å²) in [5.41, 5.74) is 1.25. The molecule has 1 aliphatic heterocycles. The minimum Gasteiger partial charge on any atom is -0.378 e. The Morgan fingerprint density at radius 2 is 1.71 bits per heavy atom. The number of anilines is 1. The molecule has 3 heterocycles. The molecule has 0 radical (unpaired) electrons. The normalized spacial score (nSPS) is 14.1. The molecular formula is C37H45F3N6O8S2. The molecule has 14 nitrogen and oxygen atoms in total. The van der Waals surface area contributed by atoms with Gasteiger partial charge in [-0.2, -0.15) is 17.5 Å². The van der Waals surface area contributed by atoms with Crippen LogP contribution >= 0.6 is 0 Å². The highest BCUT2D eigenvalue weighted by Crippen LogP contribution is 2.34. The molecule has 2 aromatic heterocycles. The minimum atomic E-state index is -4.90. The smallest absolute Gasteiger partial charge is 0.378 e. The molecule has 0 bridgehead atoms. The highest BCUT2D eigenvalue weighted by molar-refractivity contribution is 7.92. The zero-order chi connectivity index (χ0) is 41.0. The Hall–Kier alpha value is -4.59. The van der Waals surface area contributed by atoms with Crippen LogP contribution in [0, 0.1) is 20.8 Å². The molecule has 1 aliphatic rings. The Morgan fingerprint density at radius 3 is 2.34 bits per heavy atom. The monoisotopic (exact) mass is 822 g/mol. The molecule has 1 N–H and O–H groups in total. The number of aromatic nitrogens is 3. The van der Waals surface area contributed by atoms with Gasteiger partial charge in [0.1, 0.15) is 18.1 Å². The van der Waals surface area contributed by atoms with Crippen molar-refractivity contribution in [2.24, 2.45) is 0 Å². The lowest BCUT2D eigenvalue weighted by Gasteiger charge is -2.27. The Bertz CT molecular complexity index is 2360. The maximum atomic E-state index is 14.2. The van der Waals surface area contributed by atoms with Crippen LogP contribution in [0.25, 0.3) is 11.1 Å². The number of hydrogen-bond donors (Lipinski definition) is 1. The number of amides is 1. The summed E-state index contributed by atoms with van der Waals surface area (Å²) in [6, 6.07) is 10.3. The summed E-state index contributed by atoms with van der Waals surface area (Å²) in [6.07, 6.45) is -2.53. The first-order valence-corrected chi connectivity index (χ1v) is 21.3. The summed E-state index contributed by atoms with van der Waals surface area (Å²) in [6.45, 7) is 5.71. The number of nitrogens with zero attached hydrogens (tertiary/aromatic N) is 5. The van der Waals surface area contributed by atoms with Gasteiger partial charge in [-0.05, 0) is 49.9 Å². The van der Waals surface area contributed by atoms with Gasteiger partial charge in [0.2, 0.25) is 15.9 Å². The fourth-order valence-electron chi connectivity index (χ4n) is 6.35. The number of morpholine rings is 1. The number of carbonyl (C=O) groups excluding carboxylic acids is 1. The van der Waals surface area contributed by atoms with Crippen LogP contribution in [0.1, 0.15) is 59.3 Å². The highest BCUT2D eigenvalue weighted by Gasteiger charge is 2.35. The number of unbranched alkanes of at least 4 members (excludes halogenated alkanes) is 1. The molecule has 0 saturated carbocycles. The lowest BCUT2D eigenvalue weighted by molar-refractivity contribution is -0.137. The Balaban J connectivity index is 1.63. The molecule has 0 aliphatic carbocycles. The van der Waals surface area contributed by atoms with E-state index in [0.717, 1.165) is 6.42 Å². The molecule has 1 saturated heterocycles. The summed E-state index contributed by atoms with van der Waals surface area (Å²) in [7, 11) is -8.83. The van der Waals surface area contributed by atoms with Gasteiger partial charge in [-0.1, -0.05) is 54.9 Å². The first-order valence-electron chi connectivity index (χ1n) is 17.9. The number of hydrogen-bond acceptors (Lipinski definition) is 10. The highest BCUT2D eigenvalue weighted by atomic mass is 32.2. The molecule has 5 rings (SSSR count). The lowest BCUT2D eigenvalue weighted by atomic mass is 9.97. The fraction of sp³-hybridized carbons (Fsp3) is 0.459. The Kier molecular flexibility index (Phi) is 13.1. The number of alkyl halides is 3. The number of rotatable bonds is 15. The van der Waals surface area contributed by atoms with E-state index in [2.05, 4.69) is 9.88 Å². The fourth-order valence-corrected chi connectivity index (χ4v) is 8.38. The van der Waals surface area contributed by atoms with Crippen LogP contribution in [0.4, 0.5) is 19.0 Å². The largest absolute Gasteiger partial charge is 0.402 e. The quantitative estimate of drug-likeness (QED) is 0.177. The van der Waals surface area contributed by atoms with Crippen LogP contribution in [0.2, 0.25) is 0 Å². The van der Waals surface area contributed by atoms with E-state index in [1.54, 1.807) is 37.8 Å². The predicted octanol–water partition coefficient (Wildman–Crippen LogP) is 4.74. The summed E-state index contributed by atoms with van der Waals surface area (Å²) >= 11 is 0. The van der Waals surface area contributed by atoms with Crippen LogP contribution in [-0.4, -0.2) is 91.9 Å². The average molecular weight is 823 g/mol. The van der Waals surface area contributed by atoms with Crippen molar-refractivity contribution in [2.75, 3.05) is 43.8 Å². The van der Waals surface area contributed by atoms with Crippen LogP contribution in [-0.2, 0) is 55.5 Å². The van der Waals surface area contributed by atoms with Crippen molar-refractivity contribution in [2.45, 2.75) is 77.5 Å². The van der Waals surface area contributed by atoms with Crippen molar-refractivity contribution in [1.29, 1.82) is 0 Å².